The van der Waals surface area contributed by atoms with Crippen molar-refractivity contribution in [1.29, 1.82) is 0 Å². The Kier molecular flexibility index (Phi) is 4.98. The summed E-state index contributed by atoms with van der Waals surface area (Å²) >= 11 is 5.55. The quantitative estimate of drug-likeness (QED) is 0.814. The normalized spacial score (nSPS) is 12.5. The van der Waals surface area contributed by atoms with E-state index in [1.165, 1.54) is 12.3 Å². The second kappa shape index (κ2) is 6.02. The van der Waals surface area contributed by atoms with E-state index in [2.05, 4.69) is 10.3 Å². The van der Waals surface area contributed by atoms with Crippen LogP contribution in [-0.4, -0.2) is 27.7 Å². The predicted octanol–water partition coefficient (Wildman–Crippen LogP) is 2.05. The molecule has 1 atom stereocenters. The maximum Gasteiger partial charge on any atom is 0.166 e. The molecule has 84 valence electrons. The van der Waals surface area contributed by atoms with Gasteiger partial charge in [0.05, 0.1) is 5.02 Å². The molecule has 1 unspecified atom stereocenters. The summed E-state index contributed by atoms with van der Waals surface area (Å²) in [5.74, 6) is 0.309. The fourth-order valence-corrected chi connectivity index (χ4v) is 1.72. The van der Waals surface area contributed by atoms with E-state index in [0.717, 1.165) is 0 Å². The molecular formula is C9H12ClFN2OS. The third-order valence-corrected chi connectivity index (χ3v) is 2.78. The van der Waals surface area contributed by atoms with Gasteiger partial charge in [0, 0.05) is 35.5 Å². The zero-order valence-corrected chi connectivity index (χ0v) is 9.87. The molecular weight excluding hydrogens is 239 g/mol. The minimum atomic E-state index is -0.808. The zero-order valence-electron chi connectivity index (χ0n) is 8.30. The van der Waals surface area contributed by atoms with E-state index < -0.39 is 16.6 Å². The van der Waals surface area contributed by atoms with Crippen molar-refractivity contribution in [1.82, 2.24) is 4.98 Å². The van der Waals surface area contributed by atoms with Gasteiger partial charge in [-0.15, -0.1) is 0 Å². The molecule has 1 heterocycles. The Bertz CT molecular complexity index is 362. The van der Waals surface area contributed by atoms with Gasteiger partial charge in [0.15, 0.2) is 11.6 Å². The summed E-state index contributed by atoms with van der Waals surface area (Å²) in [6.45, 7) is 0.547. The summed E-state index contributed by atoms with van der Waals surface area (Å²) < 4.78 is 23.9. The highest BCUT2D eigenvalue weighted by Gasteiger charge is 2.03. The lowest BCUT2D eigenvalue weighted by atomic mass is 10.4. The molecule has 0 aliphatic heterocycles. The van der Waals surface area contributed by atoms with Gasteiger partial charge in [0.2, 0.25) is 0 Å². The number of aromatic nitrogens is 1. The van der Waals surface area contributed by atoms with Crippen LogP contribution in [0.5, 0.6) is 0 Å². The molecule has 6 heteroatoms. The van der Waals surface area contributed by atoms with Gasteiger partial charge in [0.1, 0.15) is 0 Å². The molecule has 0 radical (unpaired) electrons. The van der Waals surface area contributed by atoms with Crippen molar-refractivity contribution in [2.24, 2.45) is 0 Å². The lowest BCUT2D eigenvalue weighted by Crippen LogP contribution is -2.08. The van der Waals surface area contributed by atoms with Gasteiger partial charge in [0.25, 0.3) is 0 Å². The highest BCUT2D eigenvalue weighted by Crippen LogP contribution is 2.15. The molecule has 1 N–H and O–H groups in total. The maximum atomic E-state index is 13.2. The van der Waals surface area contributed by atoms with Crippen LogP contribution < -0.4 is 5.32 Å². The van der Waals surface area contributed by atoms with E-state index in [4.69, 9.17) is 11.6 Å². The molecule has 0 bridgehead atoms. The van der Waals surface area contributed by atoms with Crippen molar-refractivity contribution in [3.8, 4) is 0 Å². The monoisotopic (exact) mass is 250 g/mol. The predicted molar refractivity (Wildman–Crippen MR) is 61.2 cm³/mol. The largest absolute Gasteiger partial charge is 0.368 e. The Morgan fingerprint density at radius 3 is 3.00 bits per heavy atom. The van der Waals surface area contributed by atoms with Crippen molar-refractivity contribution < 1.29 is 8.60 Å². The van der Waals surface area contributed by atoms with Crippen molar-refractivity contribution in [2.75, 3.05) is 23.9 Å². The number of anilines is 1. The van der Waals surface area contributed by atoms with Gasteiger partial charge in [-0.25, -0.2) is 9.37 Å². The number of rotatable bonds is 5. The molecule has 1 rings (SSSR count). The molecule has 0 saturated heterocycles. The number of nitrogens with zero attached hydrogens (tertiary/aromatic N) is 1. The first-order valence-electron chi connectivity index (χ1n) is 4.44. The van der Waals surface area contributed by atoms with Gasteiger partial charge in [-0.2, -0.15) is 0 Å². The molecule has 1 aromatic heterocycles. The van der Waals surface area contributed by atoms with Crippen LogP contribution in [0.1, 0.15) is 6.42 Å². The van der Waals surface area contributed by atoms with E-state index >= 15 is 0 Å². The molecule has 0 spiro atoms. The first kappa shape index (κ1) is 12.4. The Balaban J connectivity index is 2.40. The van der Waals surface area contributed by atoms with Crippen LogP contribution in [0.2, 0.25) is 5.02 Å². The number of halogens is 2. The minimum Gasteiger partial charge on any atom is -0.368 e. The first-order valence-corrected chi connectivity index (χ1v) is 6.55. The van der Waals surface area contributed by atoms with Gasteiger partial charge < -0.3 is 5.32 Å². The van der Waals surface area contributed by atoms with E-state index in [0.29, 0.717) is 18.7 Å². The third-order valence-electron chi connectivity index (χ3n) is 1.71. The average Bonchev–Trinajstić information content (AvgIpc) is 2.14. The van der Waals surface area contributed by atoms with E-state index in [9.17, 15) is 8.60 Å². The standard InChI is InChI=1S/C9H12ClFN2OS/c1-15(14)4-2-3-12-9-8(11)5-7(10)6-13-9/h5-6H,2-4H2,1H3,(H,12,13). The van der Waals surface area contributed by atoms with Gasteiger partial charge >= 0.3 is 0 Å². The van der Waals surface area contributed by atoms with Crippen LogP contribution >= 0.6 is 11.6 Å². The fraction of sp³-hybridized carbons (Fsp3) is 0.444. The minimum absolute atomic E-state index is 0.182. The Hall–Kier alpha value is -0.680. The topological polar surface area (TPSA) is 42.0 Å². The second-order valence-corrected chi connectivity index (χ2v) is 5.03. The molecule has 0 aliphatic carbocycles. The molecule has 1 aromatic rings. The van der Waals surface area contributed by atoms with Gasteiger partial charge in [-0.1, -0.05) is 11.6 Å². The van der Waals surface area contributed by atoms with Gasteiger partial charge in [-0.3, -0.25) is 4.21 Å². The summed E-state index contributed by atoms with van der Waals surface area (Å²) in [7, 11) is -0.808. The van der Waals surface area contributed by atoms with Crippen molar-refractivity contribution in [2.45, 2.75) is 6.42 Å². The summed E-state index contributed by atoms with van der Waals surface area (Å²) in [5, 5.41) is 3.09. The van der Waals surface area contributed by atoms with Crippen LogP contribution in [-0.2, 0) is 10.8 Å². The van der Waals surface area contributed by atoms with Crippen LogP contribution in [0.25, 0.3) is 0 Å². The molecule has 0 saturated carbocycles. The maximum absolute atomic E-state index is 13.2. The Morgan fingerprint density at radius 1 is 1.67 bits per heavy atom. The lowest BCUT2D eigenvalue weighted by molar-refractivity contribution is 0.624. The van der Waals surface area contributed by atoms with Gasteiger partial charge in [-0.05, 0) is 12.5 Å². The van der Waals surface area contributed by atoms with Crippen LogP contribution in [0.15, 0.2) is 12.3 Å². The van der Waals surface area contributed by atoms with Crippen molar-refractivity contribution >= 4 is 28.2 Å². The average molecular weight is 251 g/mol. The highest BCUT2D eigenvalue weighted by molar-refractivity contribution is 7.84. The number of nitrogens with one attached hydrogen (secondary N) is 1. The Morgan fingerprint density at radius 2 is 2.40 bits per heavy atom. The fourth-order valence-electron chi connectivity index (χ4n) is 1.03. The van der Waals surface area contributed by atoms with Crippen LogP contribution in [0.4, 0.5) is 10.2 Å². The van der Waals surface area contributed by atoms with E-state index in [-0.39, 0.29) is 10.8 Å². The molecule has 0 fully saturated rings. The zero-order chi connectivity index (χ0) is 11.3. The number of hydrogen-bond acceptors (Lipinski definition) is 3. The summed E-state index contributed by atoms with van der Waals surface area (Å²) in [6.07, 6.45) is 3.74. The first-order chi connectivity index (χ1) is 7.09. The molecule has 0 aliphatic rings. The number of hydrogen-bond donors (Lipinski definition) is 1. The molecule has 3 nitrogen and oxygen atoms in total. The number of pyridine rings is 1. The second-order valence-electron chi connectivity index (χ2n) is 3.04. The van der Waals surface area contributed by atoms with Crippen molar-refractivity contribution in [3.63, 3.8) is 0 Å². The SMILES string of the molecule is CS(=O)CCCNc1ncc(Cl)cc1F. The molecule has 15 heavy (non-hydrogen) atoms. The summed E-state index contributed by atoms with van der Waals surface area (Å²) in [5.41, 5.74) is 0. The Labute approximate surface area is 95.5 Å². The van der Waals surface area contributed by atoms with Crippen LogP contribution in [0, 0.1) is 5.82 Å². The highest BCUT2D eigenvalue weighted by atomic mass is 35.5. The van der Waals surface area contributed by atoms with Crippen LogP contribution in [0.3, 0.4) is 0 Å². The summed E-state index contributed by atoms with van der Waals surface area (Å²) in [4.78, 5) is 3.80. The smallest absolute Gasteiger partial charge is 0.166 e. The lowest BCUT2D eigenvalue weighted by Gasteiger charge is -2.05. The molecule has 0 aromatic carbocycles. The van der Waals surface area contributed by atoms with E-state index in [1.54, 1.807) is 6.26 Å². The molecule has 0 amide bonds. The summed E-state index contributed by atoms with van der Waals surface area (Å²) in [6, 6.07) is 1.20. The van der Waals surface area contributed by atoms with E-state index in [1.807, 2.05) is 0 Å². The third kappa shape index (κ3) is 4.57. The van der Waals surface area contributed by atoms with Crippen molar-refractivity contribution in [3.05, 3.63) is 23.1 Å².